The standard InChI is InChI=1S/C19H18Cl2O4/c20-17(21)13-24-18(22)7-4-8-19(23)25-16-11-9-15(10-12-16)14-5-2-1-3-6-14/h1-3,5-6,9-12,17H,4,7-8,13H2. The summed E-state index contributed by atoms with van der Waals surface area (Å²) in [7, 11) is 0. The highest BCUT2D eigenvalue weighted by Gasteiger charge is 2.10. The minimum absolute atomic E-state index is 0.0554. The van der Waals surface area contributed by atoms with Crippen molar-refractivity contribution in [1.82, 2.24) is 0 Å². The summed E-state index contributed by atoms with van der Waals surface area (Å²) in [5, 5.41) is 0. The minimum Gasteiger partial charge on any atom is -0.463 e. The van der Waals surface area contributed by atoms with Gasteiger partial charge >= 0.3 is 11.9 Å². The molecule has 0 aromatic heterocycles. The van der Waals surface area contributed by atoms with Crippen molar-refractivity contribution >= 4 is 35.1 Å². The van der Waals surface area contributed by atoms with E-state index in [9.17, 15) is 9.59 Å². The lowest BCUT2D eigenvalue weighted by Gasteiger charge is -2.07. The second-order valence-corrected chi connectivity index (χ2v) is 6.57. The summed E-state index contributed by atoms with van der Waals surface area (Å²) in [6, 6.07) is 17.2. The van der Waals surface area contributed by atoms with Crippen molar-refractivity contribution < 1.29 is 19.1 Å². The Balaban J connectivity index is 1.74. The Bertz CT molecular complexity index is 684. The molecule has 0 aliphatic rings. The Morgan fingerprint density at radius 2 is 1.44 bits per heavy atom. The molecule has 0 heterocycles. The number of benzene rings is 2. The smallest absolute Gasteiger partial charge is 0.311 e. The number of esters is 2. The monoisotopic (exact) mass is 380 g/mol. The second-order valence-electron chi connectivity index (χ2n) is 5.29. The summed E-state index contributed by atoms with van der Waals surface area (Å²) in [6.07, 6.45) is 0.582. The summed E-state index contributed by atoms with van der Waals surface area (Å²) in [5.74, 6) is -0.362. The van der Waals surface area contributed by atoms with Gasteiger partial charge in [0.15, 0.2) is 0 Å². The summed E-state index contributed by atoms with van der Waals surface area (Å²) in [6.45, 7) is -0.0554. The van der Waals surface area contributed by atoms with Gasteiger partial charge in [0.1, 0.15) is 17.2 Å². The molecule has 2 aromatic rings. The molecule has 0 saturated heterocycles. The Kier molecular flexibility index (Phi) is 7.76. The molecule has 132 valence electrons. The van der Waals surface area contributed by atoms with Crippen LogP contribution < -0.4 is 4.74 Å². The molecule has 0 atom stereocenters. The van der Waals surface area contributed by atoms with Gasteiger partial charge in [0.05, 0.1) is 0 Å². The second kappa shape index (κ2) is 10.1. The van der Waals surface area contributed by atoms with E-state index in [1.54, 1.807) is 12.1 Å². The first kappa shape index (κ1) is 19.3. The molecule has 0 radical (unpaired) electrons. The number of carbonyl (C=O) groups excluding carboxylic acids is 2. The van der Waals surface area contributed by atoms with Crippen molar-refractivity contribution in [3.63, 3.8) is 0 Å². The molecule has 0 amide bonds. The van der Waals surface area contributed by atoms with E-state index in [0.717, 1.165) is 11.1 Å². The number of ether oxygens (including phenoxy) is 2. The van der Waals surface area contributed by atoms with Crippen LogP contribution in [0.4, 0.5) is 0 Å². The largest absolute Gasteiger partial charge is 0.463 e. The van der Waals surface area contributed by atoms with E-state index in [2.05, 4.69) is 0 Å². The number of carbonyl (C=O) groups is 2. The van der Waals surface area contributed by atoms with Crippen LogP contribution in [0.15, 0.2) is 54.6 Å². The van der Waals surface area contributed by atoms with E-state index in [4.69, 9.17) is 32.7 Å². The predicted octanol–water partition coefficient (Wildman–Crippen LogP) is 4.78. The maximum absolute atomic E-state index is 11.8. The van der Waals surface area contributed by atoms with Gasteiger partial charge in [0.25, 0.3) is 0 Å². The molecule has 0 spiro atoms. The third-order valence-electron chi connectivity index (χ3n) is 3.33. The molecule has 0 fully saturated rings. The third kappa shape index (κ3) is 7.16. The highest BCUT2D eigenvalue weighted by molar-refractivity contribution is 6.44. The molecule has 0 unspecified atom stereocenters. The van der Waals surface area contributed by atoms with Gasteiger partial charge in [0, 0.05) is 12.8 Å². The van der Waals surface area contributed by atoms with Crippen LogP contribution in [-0.2, 0) is 14.3 Å². The SMILES string of the molecule is O=C(CCCC(=O)Oc1ccc(-c2ccccc2)cc1)OCC(Cl)Cl. The van der Waals surface area contributed by atoms with Crippen LogP contribution in [0.5, 0.6) is 5.75 Å². The van der Waals surface area contributed by atoms with Crippen molar-refractivity contribution in [3.8, 4) is 16.9 Å². The molecule has 0 N–H and O–H groups in total. The fraction of sp³-hybridized carbons (Fsp3) is 0.263. The fourth-order valence-electron chi connectivity index (χ4n) is 2.13. The average molecular weight is 381 g/mol. The molecule has 4 nitrogen and oxygen atoms in total. The number of alkyl halides is 2. The molecular weight excluding hydrogens is 363 g/mol. The van der Waals surface area contributed by atoms with Crippen molar-refractivity contribution in [2.24, 2.45) is 0 Å². The number of rotatable bonds is 8. The van der Waals surface area contributed by atoms with Crippen LogP contribution in [0.3, 0.4) is 0 Å². The van der Waals surface area contributed by atoms with Crippen molar-refractivity contribution in [2.75, 3.05) is 6.61 Å². The zero-order chi connectivity index (χ0) is 18.1. The predicted molar refractivity (Wildman–Crippen MR) is 97.8 cm³/mol. The van der Waals surface area contributed by atoms with Gasteiger partial charge in [-0.05, 0) is 29.7 Å². The quantitative estimate of drug-likeness (QED) is 0.375. The van der Waals surface area contributed by atoms with E-state index in [1.807, 2.05) is 42.5 Å². The maximum Gasteiger partial charge on any atom is 0.311 e. The lowest BCUT2D eigenvalue weighted by molar-refractivity contribution is -0.143. The fourth-order valence-corrected chi connectivity index (χ4v) is 2.26. The van der Waals surface area contributed by atoms with Gasteiger partial charge in [-0.1, -0.05) is 42.5 Å². The Labute approximate surface area is 156 Å². The Hall–Kier alpha value is -2.04. The van der Waals surface area contributed by atoms with E-state index in [-0.39, 0.29) is 19.4 Å². The first-order valence-corrected chi connectivity index (χ1v) is 8.72. The third-order valence-corrected chi connectivity index (χ3v) is 3.58. The molecule has 6 heteroatoms. The zero-order valence-electron chi connectivity index (χ0n) is 13.5. The minimum atomic E-state index is -0.743. The molecule has 0 bridgehead atoms. The van der Waals surface area contributed by atoms with Crippen LogP contribution in [0.2, 0.25) is 0 Å². The molecule has 25 heavy (non-hydrogen) atoms. The molecule has 0 aliphatic carbocycles. The summed E-state index contributed by atoms with van der Waals surface area (Å²) < 4.78 is 10.1. The Morgan fingerprint density at radius 3 is 2.08 bits per heavy atom. The summed E-state index contributed by atoms with van der Waals surface area (Å²) in [4.78, 5) is 22.4. The first-order chi connectivity index (χ1) is 12.0. The molecule has 2 aromatic carbocycles. The van der Waals surface area contributed by atoms with Crippen LogP contribution in [0.25, 0.3) is 11.1 Å². The van der Waals surface area contributed by atoms with Crippen molar-refractivity contribution in [2.45, 2.75) is 24.1 Å². The topological polar surface area (TPSA) is 52.6 Å². The summed E-state index contributed by atoms with van der Waals surface area (Å²) in [5.41, 5.74) is 2.13. The number of hydrogen-bond donors (Lipinski definition) is 0. The summed E-state index contributed by atoms with van der Waals surface area (Å²) >= 11 is 10.9. The van der Waals surface area contributed by atoms with Crippen molar-refractivity contribution in [3.05, 3.63) is 54.6 Å². The maximum atomic E-state index is 11.8. The number of hydrogen-bond acceptors (Lipinski definition) is 4. The average Bonchev–Trinajstić information content (AvgIpc) is 2.61. The van der Waals surface area contributed by atoms with Gasteiger partial charge in [-0.25, -0.2) is 0 Å². The molecular formula is C19H18Cl2O4. The first-order valence-electron chi connectivity index (χ1n) is 7.84. The lowest BCUT2D eigenvalue weighted by Crippen LogP contribution is -2.12. The van der Waals surface area contributed by atoms with Crippen LogP contribution in [0, 0.1) is 0 Å². The van der Waals surface area contributed by atoms with Crippen LogP contribution >= 0.6 is 23.2 Å². The number of halogens is 2. The van der Waals surface area contributed by atoms with Gasteiger partial charge < -0.3 is 9.47 Å². The van der Waals surface area contributed by atoms with Gasteiger partial charge in [-0.3, -0.25) is 9.59 Å². The van der Waals surface area contributed by atoms with Gasteiger partial charge in [0.2, 0.25) is 0 Å². The van der Waals surface area contributed by atoms with Gasteiger partial charge in [-0.2, -0.15) is 0 Å². The molecule has 0 aliphatic heterocycles. The van der Waals surface area contributed by atoms with E-state index in [0.29, 0.717) is 12.2 Å². The highest BCUT2D eigenvalue weighted by atomic mass is 35.5. The highest BCUT2D eigenvalue weighted by Crippen LogP contribution is 2.22. The Morgan fingerprint density at radius 1 is 0.840 bits per heavy atom. The molecule has 0 saturated carbocycles. The normalized spacial score (nSPS) is 10.5. The van der Waals surface area contributed by atoms with E-state index in [1.165, 1.54) is 0 Å². The van der Waals surface area contributed by atoms with E-state index < -0.39 is 16.8 Å². The van der Waals surface area contributed by atoms with E-state index >= 15 is 0 Å². The van der Waals surface area contributed by atoms with Crippen LogP contribution in [0.1, 0.15) is 19.3 Å². The van der Waals surface area contributed by atoms with Gasteiger partial charge in [-0.15, -0.1) is 23.2 Å². The molecule has 2 rings (SSSR count). The lowest BCUT2D eigenvalue weighted by atomic mass is 10.1. The zero-order valence-corrected chi connectivity index (χ0v) is 15.0. The van der Waals surface area contributed by atoms with Crippen molar-refractivity contribution in [1.29, 1.82) is 0 Å². The van der Waals surface area contributed by atoms with Crippen LogP contribution in [-0.4, -0.2) is 23.4 Å².